The Bertz CT molecular complexity index is 644. The largest absolute Gasteiger partial charge is 0.243 e. The summed E-state index contributed by atoms with van der Waals surface area (Å²) in [6, 6.07) is 17.1. The molecule has 2 aromatic rings. The molecule has 0 aliphatic carbocycles. The van der Waals surface area contributed by atoms with Gasteiger partial charge in [-0.05, 0) is 37.6 Å². The number of quaternary nitrogens is 1. The third kappa shape index (κ3) is 1.80. The Morgan fingerprint density at radius 3 is 2.47 bits per heavy atom. The zero-order valence-electron chi connectivity index (χ0n) is 11.7. The molecule has 96 valence electrons. The Morgan fingerprint density at radius 1 is 1.05 bits per heavy atom. The molecule has 0 saturated heterocycles. The molecule has 0 radical (unpaired) electrons. The first-order valence-electron chi connectivity index (χ1n) is 6.76. The smallest absolute Gasteiger partial charge is 0.240 e. The molecule has 2 heteroatoms. The van der Waals surface area contributed by atoms with E-state index in [1.807, 2.05) is 6.07 Å². The predicted molar refractivity (Wildman–Crippen MR) is 82.1 cm³/mol. The molecule has 0 aromatic heterocycles. The van der Waals surface area contributed by atoms with Crippen LogP contribution in [0, 0.1) is 6.92 Å². The van der Waals surface area contributed by atoms with Crippen LogP contribution in [-0.2, 0) is 0 Å². The molecule has 1 heterocycles. The lowest BCUT2D eigenvalue weighted by Crippen LogP contribution is -2.48. The van der Waals surface area contributed by atoms with Crippen LogP contribution in [0.15, 0.2) is 53.5 Å². The van der Waals surface area contributed by atoms with Crippen LogP contribution in [0.3, 0.4) is 0 Å². The fraction of sp³-hybridized carbons (Fsp3) is 0.235. The lowest BCUT2D eigenvalue weighted by Gasteiger charge is -2.29. The SMILES string of the molecule is CC[N+]1(C)C(c2ccccc2)=Nc2cc(C)ccc21. The normalized spacial score (nSPS) is 21.1. The van der Waals surface area contributed by atoms with Crippen molar-refractivity contribution in [1.29, 1.82) is 0 Å². The summed E-state index contributed by atoms with van der Waals surface area (Å²) in [5, 5.41) is 0. The summed E-state index contributed by atoms with van der Waals surface area (Å²) in [6.45, 7) is 5.34. The molecule has 0 amide bonds. The highest BCUT2D eigenvalue weighted by atomic mass is 15.4. The number of aryl methyl sites for hydroxylation is 1. The van der Waals surface area contributed by atoms with Gasteiger partial charge in [0.1, 0.15) is 5.69 Å². The second-order valence-electron chi connectivity index (χ2n) is 5.30. The van der Waals surface area contributed by atoms with E-state index in [4.69, 9.17) is 4.99 Å². The predicted octanol–water partition coefficient (Wildman–Crippen LogP) is 4.04. The lowest BCUT2D eigenvalue weighted by atomic mass is 10.1. The number of hydrogen-bond acceptors (Lipinski definition) is 1. The van der Waals surface area contributed by atoms with Crippen molar-refractivity contribution in [2.75, 3.05) is 13.6 Å². The first kappa shape index (κ1) is 12.1. The Morgan fingerprint density at radius 2 is 1.79 bits per heavy atom. The van der Waals surface area contributed by atoms with Crippen LogP contribution in [-0.4, -0.2) is 19.4 Å². The molecule has 0 bridgehead atoms. The number of benzene rings is 2. The zero-order chi connectivity index (χ0) is 13.5. The number of fused-ring (bicyclic) bond motifs is 1. The van der Waals surface area contributed by atoms with Crippen LogP contribution in [0.2, 0.25) is 0 Å². The number of rotatable bonds is 2. The standard InChI is InChI=1S/C17H19N2/c1-4-19(3)16-11-10-13(2)12-15(16)18-17(19)14-8-6-5-7-9-14/h5-12H,4H2,1-3H3/q+1. The van der Waals surface area contributed by atoms with E-state index in [1.165, 1.54) is 16.8 Å². The minimum absolute atomic E-state index is 0.777. The van der Waals surface area contributed by atoms with Crippen molar-refractivity contribution in [1.82, 2.24) is 4.48 Å². The van der Waals surface area contributed by atoms with Gasteiger partial charge in [-0.25, -0.2) is 4.48 Å². The molecule has 2 nitrogen and oxygen atoms in total. The molecule has 0 fully saturated rings. The van der Waals surface area contributed by atoms with E-state index in [2.05, 4.69) is 63.4 Å². The molecule has 1 aliphatic rings. The van der Waals surface area contributed by atoms with Crippen LogP contribution in [0.4, 0.5) is 11.4 Å². The van der Waals surface area contributed by atoms with E-state index in [-0.39, 0.29) is 0 Å². The third-order valence-corrected chi connectivity index (χ3v) is 4.02. The van der Waals surface area contributed by atoms with Gasteiger partial charge in [0.25, 0.3) is 0 Å². The highest BCUT2D eigenvalue weighted by Gasteiger charge is 2.39. The van der Waals surface area contributed by atoms with E-state index in [0.29, 0.717) is 0 Å². The molecule has 0 N–H and O–H groups in total. The van der Waals surface area contributed by atoms with Gasteiger partial charge in [-0.2, -0.15) is 4.99 Å². The van der Waals surface area contributed by atoms with E-state index in [9.17, 15) is 0 Å². The molecule has 19 heavy (non-hydrogen) atoms. The summed E-state index contributed by atoms with van der Waals surface area (Å²) in [4.78, 5) is 4.90. The summed E-state index contributed by atoms with van der Waals surface area (Å²) in [7, 11) is 2.24. The minimum atomic E-state index is 0.777. The molecule has 2 aromatic carbocycles. The Hall–Kier alpha value is -1.93. The molecule has 3 rings (SSSR count). The second kappa shape index (κ2) is 4.32. The maximum Gasteiger partial charge on any atom is 0.240 e. The van der Waals surface area contributed by atoms with Gasteiger partial charge in [-0.1, -0.05) is 24.3 Å². The average Bonchev–Trinajstić information content (AvgIpc) is 2.73. The van der Waals surface area contributed by atoms with Crippen LogP contribution in [0.25, 0.3) is 0 Å². The summed E-state index contributed by atoms with van der Waals surface area (Å²) in [5.74, 6) is 1.14. The first-order valence-corrected chi connectivity index (χ1v) is 6.76. The van der Waals surface area contributed by atoms with Gasteiger partial charge in [0.2, 0.25) is 5.84 Å². The maximum atomic E-state index is 4.90. The summed E-state index contributed by atoms with van der Waals surface area (Å²) >= 11 is 0. The molecule has 1 unspecified atom stereocenters. The van der Waals surface area contributed by atoms with Crippen molar-refractivity contribution < 1.29 is 0 Å². The van der Waals surface area contributed by atoms with Gasteiger partial charge < -0.3 is 0 Å². The second-order valence-corrected chi connectivity index (χ2v) is 5.30. The highest BCUT2D eigenvalue weighted by molar-refractivity contribution is 6.12. The Labute approximate surface area is 114 Å². The number of hydrogen-bond donors (Lipinski definition) is 0. The van der Waals surface area contributed by atoms with Crippen molar-refractivity contribution in [3.05, 3.63) is 59.7 Å². The van der Waals surface area contributed by atoms with E-state index in [1.54, 1.807) is 0 Å². The van der Waals surface area contributed by atoms with Crippen molar-refractivity contribution in [2.45, 2.75) is 13.8 Å². The minimum Gasteiger partial charge on any atom is -0.243 e. The molecule has 1 atom stereocenters. The maximum absolute atomic E-state index is 4.90. The highest BCUT2D eigenvalue weighted by Crippen LogP contribution is 2.41. The van der Waals surface area contributed by atoms with Crippen LogP contribution < -0.4 is 4.48 Å². The van der Waals surface area contributed by atoms with Gasteiger partial charge in [0.15, 0.2) is 5.69 Å². The Balaban J connectivity index is 2.19. The lowest BCUT2D eigenvalue weighted by molar-refractivity contribution is 0.528. The average molecular weight is 251 g/mol. The van der Waals surface area contributed by atoms with Gasteiger partial charge >= 0.3 is 0 Å². The van der Waals surface area contributed by atoms with Crippen LogP contribution in [0.5, 0.6) is 0 Å². The van der Waals surface area contributed by atoms with Crippen molar-refractivity contribution in [2.24, 2.45) is 4.99 Å². The van der Waals surface area contributed by atoms with Crippen molar-refractivity contribution >= 4 is 17.2 Å². The van der Waals surface area contributed by atoms with Crippen LogP contribution >= 0.6 is 0 Å². The number of amidine groups is 1. The molecular weight excluding hydrogens is 232 g/mol. The fourth-order valence-corrected chi connectivity index (χ4v) is 2.74. The molecule has 1 aliphatic heterocycles. The number of nitrogens with zero attached hydrogens (tertiary/aromatic N) is 2. The van der Waals surface area contributed by atoms with E-state index >= 15 is 0 Å². The third-order valence-electron chi connectivity index (χ3n) is 4.02. The monoisotopic (exact) mass is 251 g/mol. The van der Waals surface area contributed by atoms with Crippen LogP contribution in [0.1, 0.15) is 18.1 Å². The van der Waals surface area contributed by atoms with Gasteiger partial charge in [0, 0.05) is 6.07 Å². The topological polar surface area (TPSA) is 12.4 Å². The fourth-order valence-electron chi connectivity index (χ4n) is 2.74. The molecular formula is C17H19N2+. The quantitative estimate of drug-likeness (QED) is 0.714. The molecule has 0 saturated carbocycles. The summed E-state index contributed by atoms with van der Waals surface area (Å²) in [5.41, 5.74) is 4.88. The van der Waals surface area contributed by atoms with Gasteiger partial charge in [-0.3, -0.25) is 0 Å². The van der Waals surface area contributed by atoms with Gasteiger partial charge in [-0.15, -0.1) is 0 Å². The van der Waals surface area contributed by atoms with E-state index < -0.39 is 0 Å². The summed E-state index contributed by atoms with van der Waals surface area (Å²) < 4.78 is 0.777. The first-order chi connectivity index (χ1) is 9.15. The summed E-state index contributed by atoms with van der Waals surface area (Å²) in [6.07, 6.45) is 0. The van der Waals surface area contributed by atoms with Crippen molar-refractivity contribution in [3.63, 3.8) is 0 Å². The Kier molecular flexibility index (Phi) is 2.76. The number of aliphatic imine (C=N–C) groups is 1. The zero-order valence-corrected chi connectivity index (χ0v) is 11.7. The van der Waals surface area contributed by atoms with E-state index in [0.717, 1.165) is 22.6 Å². The van der Waals surface area contributed by atoms with Gasteiger partial charge in [0.05, 0.1) is 19.2 Å². The molecule has 0 spiro atoms. The van der Waals surface area contributed by atoms with Crippen molar-refractivity contribution in [3.8, 4) is 0 Å².